The molecule has 5 nitrogen and oxygen atoms in total. The summed E-state index contributed by atoms with van der Waals surface area (Å²) in [6, 6.07) is 1.72. The molecule has 0 radical (unpaired) electrons. The molecule has 1 aromatic rings. The van der Waals surface area contributed by atoms with Crippen LogP contribution < -0.4 is 5.32 Å². The molecule has 1 fully saturated rings. The molecule has 0 bridgehead atoms. The van der Waals surface area contributed by atoms with Crippen molar-refractivity contribution in [2.75, 3.05) is 32.8 Å². The third-order valence-electron chi connectivity index (χ3n) is 3.38. The van der Waals surface area contributed by atoms with E-state index in [0.29, 0.717) is 24.1 Å². The van der Waals surface area contributed by atoms with Gasteiger partial charge in [0.05, 0.1) is 12.2 Å². The van der Waals surface area contributed by atoms with E-state index in [0.717, 1.165) is 19.6 Å². The smallest absolute Gasteiger partial charge is 0.252 e. The molecule has 1 amide bonds. The minimum absolute atomic E-state index is 0.0388. The van der Waals surface area contributed by atoms with Crippen molar-refractivity contribution in [2.24, 2.45) is 0 Å². The number of rotatable bonds is 5. The molecule has 0 atom stereocenters. The van der Waals surface area contributed by atoms with Gasteiger partial charge in [-0.1, -0.05) is 11.8 Å². The molecule has 21 heavy (non-hydrogen) atoms. The maximum Gasteiger partial charge on any atom is 0.252 e. The van der Waals surface area contributed by atoms with Crippen molar-refractivity contribution >= 4 is 5.91 Å². The molecule has 0 spiro atoms. The molecule has 2 heterocycles. The average molecular weight is 287 g/mol. The minimum Gasteiger partial charge on any atom is -0.395 e. The van der Waals surface area contributed by atoms with E-state index >= 15 is 0 Å². The molecule has 5 heteroatoms. The zero-order valence-corrected chi connectivity index (χ0v) is 12.1. The molecule has 0 saturated carbocycles. The Hall–Kier alpha value is -1.90. The first-order valence-corrected chi connectivity index (χ1v) is 7.35. The first kappa shape index (κ1) is 15.5. The summed E-state index contributed by atoms with van der Waals surface area (Å²) in [5.74, 6) is 5.58. The second-order valence-corrected chi connectivity index (χ2v) is 5.04. The van der Waals surface area contributed by atoms with Gasteiger partial charge in [-0.3, -0.25) is 9.78 Å². The van der Waals surface area contributed by atoms with Gasteiger partial charge in [0.15, 0.2) is 0 Å². The van der Waals surface area contributed by atoms with Gasteiger partial charge >= 0.3 is 0 Å². The molecule has 2 N–H and O–H groups in total. The number of aliphatic hydroxyl groups excluding tert-OH is 1. The number of hydrogen-bond donors (Lipinski definition) is 2. The van der Waals surface area contributed by atoms with Crippen molar-refractivity contribution in [3.63, 3.8) is 0 Å². The maximum absolute atomic E-state index is 12.0. The van der Waals surface area contributed by atoms with Gasteiger partial charge in [0, 0.05) is 37.5 Å². The van der Waals surface area contributed by atoms with E-state index in [2.05, 4.69) is 27.0 Å². The van der Waals surface area contributed by atoms with Gasteiger partial charge in [0.25, 0.3) is 5.91 Å². The van der Waals surface area contributed by atoms with E-state index in [1.165, 1.54) is 12.8 Å². The van der Waals surface area contributed by atoms with Crippen LogP contribution in [0.1, 0.15) is 35.2 Å². The molecule has 0 unspecified atom stereocenters. The number of nitrogens with one attached hydrogen (secondary N) is 1. The number of nitrogens with zero attached hydrogens (tertiary/aromatic N) is 2. The first-order valence-electron chi connectivity index (χ1n) is 7.35. The third-order valence-corrected chi connectivity index (χ3v) is 3.38. The summed E-state index contributed by atoms with van der Waals surface area (Å²) >= 11 is 0. The highest BCUT2D eigenvalue weighted by Gasteiger charge is 2.11. The number of likely N-dealkylation sites (tertiary alicyclic amines) is 1. The van der Waals surface area contributed by atoms with E-state index < -0.39 is 0 Å². The Balaban J connectivity index is 1.84. The molecule has 2 rings (SSSR count). The second kappa shape index (κ2) is 8.40. The van der Waals surface area contributed by atoms with Crippen molar-refractivity contribution in [3.05, 3.63) is 29.6 Å². The molecule has 1 saturated heterocycles. The number of hydrogen-bond acceptors (Lipinski definition) is 4. The van der Waals surface area contributed by atoms with Crippen molar-refractivity contribution in [1.82, 2.24) is 15.2 Å². The lowest BCUT2D eigenvalue weighted by Gasteiger charge is -2.14. The number of carbonyl (C=O) groups is 1. The highest BCUT2D eigenvalue weighted by Crippen LogP contribution is 2.06. The number of carbonyl (C=O) groups excluding carboxylic acids is 1. The fourth-order valence-electron chi connectivity index (χ4n) is 2.29. The SMILES string of the molecule is O=C(NCCN1CCCC1)c1cncc(C#CCCO)c1. The van der Waals surface area contributed by atoms with Crippen LogP contribution in [-0.2, 0) is 0 Å². The lowest BCUT2D eigenvalue weighted by atomic mass is 10.2. The van der Waals surface area contributed by atoms with E-state index in [4.69, 9.17) is 5.11 Å². The Morgan fingerprint density at radius 1 is 1.38 bits per heavy atom. The molecule has 1 aliphatic rings. The van der Waals surface area contributed by atoms with Gasteiger partial charge in [0.1, 0.15) is 0 Å². The molecule has 0 aliphatic carbocycles. The summed E-state index contributed by atoms with van der Waals surface area (Å²) in [6.07, 6.45) is 6.10. The zero-order chi connectivity index (χ0) is 14.9. The number of pyridine rings is 1. The van der Waals surface area contributed by atoms with E-state index in [9.17, 15) is 4.79 Å². The maximum atomic E-state index is 12.0. The van der Waals surface area contributed by atoms with E-state index in [-0.39, 0.29) is 12.5 Å². The summed E-state index contributed by atoms with van der Waals surface area (Å²) in [7, 11) is 0. The molecule has 112 valence electrons. The van der Waals surface area contributed by atoms with Crippen LogP contribution in [0.25, 0.3) is 0 Å². The average Bonchev–Trinajstić information content (AvgIpc) is 3.01. The normalized spacial score (nSPS) is 14.5. The fraction of sp³-hybridized carbons (Fsp3) is 0.500. The van der Waals surface area contributed by atoms with Gasteiger partial charge in [0.2, 0.25) is 0 Å². The van der Waals surface area contributed by atoms with Crippen LogP contribution in [0.2, 0.25) is 0 Å². The van der Waals surface area contributed by atoms with Crippen LogP contribution in [-0.4, -0.2) is 53.7 Å². The van der Waals surface area contributed by atoms with Crippen LogP contribution in [0.15, 0.2) is 18.5 Å². The summed E-state index contributed by atoms with van der Waals surface area (Å²) < 4.78 is 0. The Morgan fingerprint density at radius 2 is 2.19 bits per heavy atom. The predicted molar refractivity (Wildman–Crippen MR) is 80.8 cm³/mol. The lowest BCUT2D eigenvalue weighted by Crippen LogP contribution is -2.33. The van der Waals surface area contributed by atoms with Crippen molar-refractivity contribution in [1.29, 1.82) is 0 Å². The number of aliphatic hydroxyl groups is 1. The van der Waals surface area contributed by atoms with E-state index in [1.54, 1.807) is 18.5 Å². The standard InChI is InChI=1S/C16H21N3O2/c20-10-4-1-5-14-11-15(13-17-12-14)16(21)18-6-9-19-7-2-3-8-19/h11-13,20H,2-4,6-10H2,(H,18,21). The van der Waals surface area contributed by atoms with Crippen LogP contribution in [0, 0.1) is 11.8 Å². The van der Waals surface area contributed by atoms with Crippen LogP contribution in [0.5, 0.6) is 0 Å². The lowest BCUT2D eigenvalue weighted by molar-refractivity contribution is 0.0949. The summed E-state index contributed by atoms with van der Waals surface area (Å²) in [5, 5.41) is 11.6. The van der Waals surface area contributed by atoms with E-state index in [1.807, 2.05) is 0 Å². The van der Waals surface area contributed by atoms with Gasteiger partial charge in [-0.2, -0.15) is 0 Å². The molecular formula is C16H21N3O2. The van der Waals surface area contributed by atoms with Crippen LogP contribution in [0.4, 0.5) is 0 Å². The molecule has 1 aromatic heterocycles. The number of amides is 1. The first-order chi connectivity index (χ1) is 10.3. The van der Waals surface area contributed by atoms with Crippen molar-refractivity contribution in [3.8, 4) is 11.8 Å². The van der Waals surface area contributed by atoms with Gasteiger partial charge in [-0.05, 0) is 32.0 Å². The largest absolute Gasteiger partial charge is 0.395 e. The number of aromatic nitrogens is 1. The Bertz CT molecular complexity index is 528. The highest BCUT2D eigenvalue weighted by atomic mass is 16.2. The molecule has 1 aliphatic heterocycles. The predicted octanol–water partition coefficient (Wildman–Crippen LogP) is 0.641. The Kier molecular flexibility index (Phi) is 6.20. The monoisotopic (exact) mass is 287 g/mol. The highest BCUT2D eigenvalue weighted by molar-refractivity contribution is 5.94. The fourth-order valence-corrected chi connectivity index (χ4v) is 2.29. The Morgan fingerprint density at radius 3 is 2.95 bits per heavy atom. The minimum atomic E-state index is -0.118. The quantitative estimate of drug-likeness (QED) is 0.780. The second-order valence-electron chi connectivity index (χ2n) is 5.04. The van der Waals surface area contributed by atoms with Crippen molar-refractivity contribution < 1.29 is 9.90 Å². The molecular weight excluding hydrogens is 266 g/mol. The summed E-state index contributed by atoms with van der Waals surface area (Å²) in [5.41, 5.74) is 1.21. The third kappa shape index (κ3) is 5.18. The van der Waals surface area contributed by atoms with Crippen molar-refractivity contribution in [2.45, 2.75) is 19.3 Å². The van der Waals surface area contributed by atoms with Crippen LogP contribution in [0.3, 0.4) is 0 Å². The Labute approximate surface area is 125 Å². The zero-order valence-electron chi connectivity index (χ0n) is 12.1. The van der Waals surface area contributed by atoms with Gasteiger partial charge in [-0.25, -0.2) is 0 Å². The van der Waals surface area contributed by atoms with Crippen LogP contribution >= 0.6 is 0 Å². The topological polar surface area (TPSA) is 65.5 Å². The summed E-state index contributed by atoms with van der Waals surface area (Å²) in [4.78, 5) is 18.4. The van der Waals surface area contributed by atoms with Gasteiger partial charge in [-0.15, -0.1) is 0 Å². The van der Waals surface area contributed by atoms with Gasteiger partial charge < -0.3 is 15.3 Å². The molecule has 0 aromatic carbocycles. The summed E-state index contributed by atoms with van der Waals surface area (Å²) in [6.45, 7) is 3.85.